The van der Waals surface area contributed by atoms with Gasteiger partial charge in [-0.1, -0.05) is 6.07 Å². The molecule has 0 aliphatic rings. The molecule has 118 valence electrons. The number of benzene rings is 2. The maximum Gasteiger partial charge on any atom is 0.251 e. The van der Waals surface area contributed by atoms with Crippen molar-refractivity contribution in [3.63, 3.8) is 0 Å². The van der Waals surface area contributed by atoms with Gasteiger partial charge in [-0.25, -0.2) is 4.39 Å². The molecule has 0 bridgehead atoms. The predicted molar refractivity (Wildman–Crippen MR) is 82.7 cm³/mol. The normalized spacial score (nSPS) is 10.7. The number of carbonyl (C=O) groups excluding carboxylic acids is 1. The first kappa shape index (κ1) is 15.0. The summed E-state index contributed by atoms with van der Waals surface area (Å²) in [5.74, 6) is -0.842. The Morgan fingerprint density at radius 1 is 1.30 bits per heavy atom. The molecule has 6 nitrogen and oxygen atoms in total. The van der Waals surface area contributed by atoms with Gasteiger partial charge in [0.05, 0.1) is 7.11 Å². The maximum absolute atomic E-state index is 13.7. The number of carbonyl (C=O) groups is 1. The van der Waals surface area contributed by atoms with Crippen LogP contribution in [0.3, 0.4) is 0 Å². The van der Waals surface area contributed by atoms with Crippen LogP contribution in [0.5, 0.6) is 5.75 Å². The average molecular weight is 314 g/mol. The summed E-state index contributed by atoms with van der Waals surface area (Å²) in [6.07, 6.45) is 0. The van der Waals surface area contributed by atoms with Crippen LogP contribution in [-0.2, 0) is 6.54 Å². The van der Waals surface area contributed by atoms with Crippen LogP contribution in [0.1, 0.15) is 21.5 Å². The highest BCUT2D eigenvalue weighted by atomic mass is 19.1. The summed E-state index contributed by atoms with van der Waals surface area (Å²) in [5, 5.41) is 13.5. The van der Waals surface area contributed by atoms with Gasteiger partial charge < -0.3 is 10.1 Å². The Labute approximate surface area is 131 Å². The molecule has 0 saturated heterocycles. The largest absolute Gasteiger partial charge is 0.494 e. The zero-order chi connectivity index (χ0) is 16.4. The van der Waals surface area contributed by atoms with Crippen LogP contribution in [0.15, 0.2) is 30.3 Å². The molecule has 23 heavy (non-hydrogen) atoms. The van der Waals surface area contributed by atoms with E-state index < -0.39 is 5.82 Å². The molecule has 0 saturated carbocycles. The molecule has 0 spiro atoms. The lowest BCUT2D eigenvalue weighted by atomic mass is 10.1. The van der Waals surface area contributed by atoms with Crippen molar-refractivity contribution >= 4 is 16.9 Å². The molecule has 1 aromatic heterocycles. The van der Waals surface area contributed by atoms with E-state index in [1.54, 1.807) is 0 Å². The molecule has 0 fully saturated rings. The summed E-state index contributed by atoms with van der Waals surface area (Å²) in [5.41, 5.74) is 3.54. The molecule has 0 unspecified atom stereocenters. The minimum Gasteiger partial charge on any atom is -0.494 e. The van der Waals surface area contributed by atoms with Gasteiger partial charge in [-0.2, -0.15) is 15.4 Å². The average Bonchev–Trinajstić information content (AvgIpc) is 3.02. The molecule has 7 heteroatoms. The van der Waals surface area contributed by atoms with Gasteiger partial charge in [0, 0.05) is 17.7 Å². The Morgan fingerprint density at radius 2 is 2.13 bits per heavy atom. The smallest absolute Gasteiger partial charge is 0.251 e. The molecule has 1 heterocycles. The SMILES string of the molecule is COc1ccc(C(=O)NCc2c(C)ccc3n[nH]nc23)cc1F. The van der Waals surface area contributed by atoms with Crippen molar-refractivity contribution < 1.29 is 13.9 Å². The number of aryl methyl sites for hydroxylation is 1. The summed E-state index contributed by atoms with van der Waals surface area (Å²) >= 11 is 0. The number of amides is 1. The predicted octanol–water partition coefficient (Wildman–Crippen LogP) is 2.34. The van der Waals surface area contributed by atoms with Gasteiger partial charge in [0.15, 0.2) is 11.6 Å². The van der Waals surface area contributed by atoms with Crippen LogP contribution < -0.4 is 10.1 Å². The number of H-pyrrole nitrogens is 1. The summed E-state index contributed by atoms with van der Waals surface area (Å²) in [6, 6.07) is 7.87. The van der Waals surface area contributed by atoms with Crippen LogP contribution in [0.25, 0.3) is 11.0 Å². The van der Waals surface area contributed by atoms with E-state index in [0.29, 0.717) is 5.52 Å². The molecule has 3 rings (SSSR count). The van der Waals surface area contributed by atoms with Crippen LogP contribution in [-0.4, -0.2) is 28.4 Å². The van der Waals surface area contributed by atoms with E-state index in [9.17, 15) is 9.18 Å². The molecular formula is C16H15FN4O2. The van der Waals surface area contributed by atoms with E-state index >= 15 is 0 Å². The van der Waals surface area contributed by atoms with Crippen LogP contribution >= 0.6 is 0 Å². The summed E-state index contributed by atoms with van der Waals surface area (Å²) in [7, 11) is 1.37. The number of hydrogen-bond donors (Lipinski definition) is 2. The molecule has 0 aliphatic heterocycles. The van der Waals surface area contributed by atoms with Crippen molar-refractivity contribution in [2.24, 2.45) is 0 Å². The zero-order valence-electron chi connectivity index (χ0n) is 12.7. The number of fused-ring (bicyclic) bond motifs is 1. The maximum atomic E-state index is 13.7. The van der Waals surface area contributed by atoms with E-state index in [1.807, 2.05) is 19.1 Å². The van der Waals surface area contributed by atoms with E-state index in [2.05, 4.69) is 20.7 Å². The quantitative estimate of drug-likeness (QED) is 0.774. The van der Waals surface area contributed by atoms with Gasteiger partial charge in [0.2, 0.25) is 0 Å². The molecule has 0 radical (unpaired) electrons. The Hall–Kier alpha value is -2.96. The topological polar surface area (TPSA) is 79.9 Å². The van der Waals surface area contributed by atoms with E-state index in [-0.39, 0.29) is 23.8 Å². The second kappa shape index (κ2) is 6.04. The van der Waals surface area contributed by atoms with Crippen molar-refractivity contribution in [2.45, 2.75) is 13.5 Å². The van der Waals surface area contributed by atoms with Crippen molar-refractivity contribution in [2.75, 3.05) is 7.11 Å². The van der Waals surface area contributed by atoms with Gasteiger partial charge in [-0.05, 0) is 36.8 Å². The first-order valence-corrected chi connectivity index (χ1v) is 7.01. The third kappa shape index (κ3) is 2.85. The van der Waals surface area contributed by atoms with Gasteiger partial charge in [0.25, 0.3) is 5.91 Å². The molecule has 3 aromatic rings. The number of ether oxygens (including phenoxy) is 1. The number of halogens is 1. The van der Waals surface area contributed by atoms with E-state index in [0.717, 1.165) is 22.7 Å². The molecular weight excluding hydrogens is 299 g/mol. The van der Waals surface area contributed by atoms with Gasteiger partial charge in [0.1, 0.15) is 11.0 Å². The second-order valence-electron chi connectivity index (χ2n) is 5.08. The third-order valence-corrected chi connectivity index (χ3v) is 3.67. The monoisotopic (exact) mass is 314 g/mol. The molecule has 2 aromatic carbocycles. The van der Waals surface area contributed by atoms with E-state index in [4.69, 9.17) is 4.74 Å². The zero-order valence-corrected chi connectivity index (χ0v) is 12.7. The fraction of sp³-hybridized carbons (Fsp3) is 0.188. The lowest BCUT2D eigenvalue weighted by Crippen LogP contribution is -2.23. The van der Waals surface area contributed by atoms with E-state index in [1.165, 1.54) is 19.2 Å². The first-order valence-electron chi connectivity index (χ1n) is 7.01. The number of aromatic nitrogens is 3. The highest BCUT2D eigenvalue weighted by Gasteiger charge is 2.13. The lowest BCUT2D eigenvalue weighted by Gasteiger charge is -2.09. The number of rotatable bonds is 4. The number of methoxy groups -OCH3 is 1. The standard InChI is InChI=1S/C16H15FN4O2/c1-9-3-5-13-15(20-21-19-13)11(9)8-18-16(22)10-4-6-14(23-2)12(17)7-10/h3-7H,8H2,1-2H3,(H,18,22)(H,19,20,21). The Kier molecular flexibility index (Phi) is 3.92. The van der Waals surface area contributed by atoms with Gasteiger partial charge >= 0.3 is 0 Å². The molecule has 1 amide bonds. The Morgan fingerprint density at radius 3 is 2.87 bits per heavy atom. The Balaban J connectivity index is 1.79. The summed E-state index contributed by atoms with van der Waals surface area (Å²) in [6.45, 7) is 2.21. The minimum atomic E-state index is -0.574. The third-order valence-electron chi connectivity index (χ3n) is 3.67. The minimum absolute atomic E-state index is 0.102. The first-order chi connectivity index (χ1) is 11.1. The summed E-state index contributed by atoms with van der Waals surface area (Å²) < 4.78 is 18.5. The number of aromatic amines is 1. The Bertz CT molecular complexity index is 876. The number of hydrogen-bond acceptors (Lipinski definition) is 4. The highest BCUT2D eigenvalue weighted by Crippen LogP contribution is 2.19. The molecule has 2 N–H and O–H groups in total. The lowest BCUT2D eigenvalue weighted by molar-refractivity contribution is 0.0950. The van der Waals surface area contributed by atoms with Crippen molar-refractivity contribution in [3.05, 3.63) is 52.8 Å². The summed E-state index contributed by atoms with van der Waals surface area (Å²) in [4.78, 5) is 12.2. The fourth-order valence-corrected chi connectivity index (χ4v) is 2.37. The number of nitrogens with one attached hydrogen (secondary N) is 2. The highest BCUT2D eigenvalue weighted by molar-refractivity contribution is 5.94. The van der Waals surface area contributed by atoms with Crippen molar-refractivity contribution in [1.82, 2.24) is 20.7 Å². The van der Waals surface area contributed by atoms with Crippen molar-refractivity contribution in [1.29, 1.82) is 0 Å². The van der Waals surface area contributed by atoms with Gasteiger partial charge in [-0.15, -0.1) is 0 Å². The van der Waals surface area contributed by atoms with Crippen LogP contribution in [0.4, 0.5) is 4.39 Å². The van der Waals surface area contributed by atoms with Crippen LogP contribution in [0, 0.1) is 12.7 Å². The molecule has 0 atom stereocenters. The van der Waals surface area contributed by atoms with Gasteiger partial charge in [-0.3, -0.25) is 4.79 Å². The van der Waals surface area contributed by atoms with Crippen LogP contribution in [0.2, 0.25) is 0 Å². The second-order valence-corrected chi connectivity index (χ2v) is 5.08. The molecule has 0 aliphatic carbocycles. The number of nitrogens with zero attached hydrogens (tertiary/aromatic N) is 2. The fourth-order valence-electron chi connectivity index (χ4n) is 2.37. The van der Waals surface area contributed by atoms with Crippen molar-refractivity contribution in [3.8, 4) is 5.75 Å².